The summed E-state index contributed by atoms with van der Waals surface area (Å²) < 4.78 is -2.56. The van der Waals surface area contributed by atoms with Gasteiger partial charge in [-0.05, 0) is 6.92 Å². The van der Waals surface area contributed by atoms with Crippen LogP contribution in [-0.2, 0) is 9.59 Å². The normalized spacial score (nSPS) is 16.7. The molecule has 0 aliphatic heterocycles. The Hall–Kier alpha value is -0.190. The Morgan fingerprint density at radius 2 is 1.42 bits per heavy atom. The Kier molecular flexibility index (Phi) is 3.23. The molecule has 0 fully saturated rings. The van der Waals surface area contributed by atoms with E-state index < -0.39 is 21.1 Å². The minimum Gasteiger partial charge on any atom is -0.480 e. The first-order valence-electron chi connectivity index (χ1n) is 2.67. The number of carbonyl (C=O) groups is 2. The molecule has 0 aliphatic carbocycles. The topological polar surface area (TPSA) is 74.6 Å². The second kappa shape index (κ2) is 3.28. The van der Waals surface area contributed by atoms with Crippen LogP contribution in [0.4, 0.5) is 0 Å². The summed E-state index contributed by atoms with van der Waals surface area (Å²) in [5.74, 6) is -3.30. The fraction of sp³-hybridized carbons (Fsp3) is 0.600. The monoisotopic (exact) mass is 234 g/mol. The minimum absolute atomic E-state index is 0.908. The van der Waals surface area contributed by atoms with E-state index in [1.165, 1.54) is 0 Å². The number of carboxylic acid groups (broad SMARTS) is 2. The summed E-state index contributed by atoms with van der Waals surface area (Å²) >= 11 is 15.7. The number of hydrogen-bond donors (Lipinski definition) is 2. The molecule has 0 heterocycles. The Labute approximate surface area is 83.0 Å². The van der Waals surface area contributed by atoms with Crippen LogP contribution in [-0.4, -0.2) is 31.4 Å². The summed E-state index contributed by atoms with van der Waals surface area (Å²) in [6.07, 6.45) is 0. The third-order valence-electron chi connectivity index (χ3n) is 1.26. The van der Waals surface area contributed by atoms with Gasteiger partial charge >= 0.3 is 11.9 Å². The van der Waals surface area contributed by atoms with Crippen molar-refractivity contribution in [3.05, 3.63) is 0 Å². The van der Waals surface area contributed by atoms with Crippen molar-refractivity contribution in [3.63, 3.8) is 0 Å². The van der Waals surface area contributed by atoms with Gasteiger partial charge in [0.2, 0.25) is 4.33 Å². The highest BCUT2D eigenvalue weighted by atomic mass is 35.5. The average molecular weight is 235 g/mol. The molecule has 0 aromatic heterocycles. The zero-order valence-corrected chi connectivity index (χ0v) is 8.11. The molecule has 0 saturated carbocycles. The first-order valence-corrected chi connectivity index (χ1v) is 3.81. The molecule has 0 amide bonds. The molecule has 0 rings (SSSR count). The van der Waals surface area contributed by atoms with Gasteiger partial charge in [0, 0.05) is 0 Å². The van der Waals surface area contributed by atoms with E-state index in [1.807, 2.05) is 0 Å². The van der Waals surface area contributed by atoms with Crippen LogP contribution in [0.3, 0.4) is 0 Å². The first kappa shape index (κ1) is 11.8. The maximum atomic E-state index is 10.4. The van der Waals surface area contributed by atoms with Gasteiger partial charge in [-0.25, -0.2) is 4.79 Å². The van der Waals surface area contributed by atoms with Gasteiger partial charge in [-0.15, -0.1) is 11.6 Å². The molecule has 12 heavy (non-hydrogen) atoms. The highest BCUT2D eigenvalue weighted by Crippen LogP contribution is 2.39. The summed E-state index contributed by atoms with van der Waals surface area (Å²) in [6, 6.07) is 0. The predicted molar refractivity (Wildman–Crippen MR) is 44.0 cm³/mol. The van der Waals surface area contributed by atoms with Crippen LogP contribution in [0.1, 0.15) is 6.92 Å². The zero-order valence-electron chi connectivity index (χ0n) is 5.84. The summed E-state index contributed by atoms with van der Waals surface area (Å²) in [7, 11) is 0. The average Bonchev–Trinajstić information content (AvgIpc) is 1.86. The predicted octanol–water partition coefficient (Wildman–Crippen LogP) is 1.33. The SMILES string of the molecule is CC(Cl)(C(=O)O)C(Cl)(Cl)C(=O)O. The van der Waals surface area contributed by atoms with Gasteiger partial charge in [0.15, 0.2) is 4.87 Å². The summed E-state index contributed by atoms with van der Waals surface area (Å²) in [5, 5.41) is 16.9. The molecule has 0 aromatic rings. The third-order valence-corrected chi connectivity index (χ3v) is 2.98. The lowest BCUT2D eigenvalue weighted by atomic mass is 10.1. The Bertz CT molecular complexity index is 199. The lowest BCUT2D eigenvalue weighted by molar-refractivity contribution is -0.146. The molecule has 7 heteroatoms. The van der Waals surface area contributed by atoms with Crippen molar-refractivity contribution in [2.24, 2.45) is 0 Å². The molecular weight excluding hydrogens is 230 g/mol. The molecule has 0 aromatic carbocycles. The van der Waals surface area contributed by atoms with Crippen LogP contribution in [0.15, 0.2) is 0 Å². The van der Waals surface area contributed by atoms with Crippen molar-refractivity contribution >= 4 is 46.7 Å². The van der Waals surface area contributed by atoms with E-state index in [4.69, 9.17) is 45.0 Å². The zero-order chi connectivity index (χ0) is 10.2. The van der Waals surface area contributed by atoms with Crippen LogP contribution in [0.5, 0.6) is 0 Å². The molecule has 1 atom stereocenters. The molecule has 0 spiro atoms. The van der Waals surface area contributed by atoms with Crippen LogP contribution < -0.4 is 0 Å². The maximum absolute atomic E-state index is 10.4. The van der Waals surface area contributed by atoms with E-state index in [-0.39, 0.29) is 0 Å². The van der Waals surface area contributed by atoms with Crippen LogP contribution in [0, 0.1) is 0 Å². The van der Waals surface area contributed by atoms with E-state index in [2.05, 4.69) is 0 Å². The number of alkyl halides is 3. The van der Waals surface area contributed by atoms with E-state index in [9.17, 15) is 9.59 Å². The Morgan fingerprint density at radius 3 is 1.50 bits per heavy atom. The molecule has 4 nitrogen and oxygen atoms in total. The van der Waals surface area contributed by atoms with Crippen molar-refractivity contribution in [1.29, 1.82) is 0 Å². The molecule has 2 N–H and O–H groups in total. The molecule has 0 aliphatic rings. The fourth-order valence-electron chi connectivity index (χ4n) is 0.335. The fourth-order valence-corrected chi connectivity index (χ4v) is 0.578. The number of hydrogen-bond acceptors (Lipinski definition) is 2. The minimum atomic E-state index is -2.56. The quantitative estimate of drug-likeness (QED) is 0.724. The summed E-state index contributed by atoms with van der Waals surface area (Å²) in [5.41, 5.74) is 0. The highest BCUT2D eigenvalue weighted by Gasteiger charge is 2.56. The second-order valence-corrected chi connectivity index (χ2v) is 4.27. The van der Waals surface area contributed by atoms with Gasteiger partial charge in [0.1, 0.15) is 0 Å². The van der Waals surface area contributed by atoms with E-state index in [1.54, 1.807) is 0 Å². The summed E-state index contributed by atoms with van der Waals surface area (Å²) in [6.45, 7) is 0.908. The number of carboxylic acids is 2. The largest absolute Gasteiger partial charge is 0.480 e. The summed E-state index contributed by atoms with van der Waals surface area (Å²) in [4.78, 5) is 18.5. The van der Waals surface area contributed by atoms with Gasteiger partial charge in [-0.3, -0.25) is 4.79 Å². The van der Waals surface area contributed by atoms with E-state index in [0.717, 1.165) is 6.92 Å². The third kappa shape index (κ3) is 1.76. The van der Waals surface area contributed by atoms with Crippen molar-refractivity contribution in [2.75, 3.05) is 0 Å². The van der Waals surface area contributed by atoms with Gasteiger partial charge in [-0.2, -0.15) is 0 Å². The standard InChI is InChI=1S/C5H5Cl3O4/c1-4(6,2(9)10)5(7,8)3(11)12/h1H3,(H,9,10)(H,11,12). The molecule has 0 radical (unpaired) electrons. The van der Waals surface area contributed by atoms with Crippen LogP contribution >= 0.6 is 34.8 Å². The second-order valence-electron chi connectivity index (χ2n) is 2.19. The van der Waals surface area contributed by atoms with Crippen molar-refractivity contribution in [2.45, 2.75) is 16.1 Å². The number of halogens is 3. The first-order chi connectivity index (χ1) is 5.14. The smallest absolute Gasteiger partial charge is 0.342 e. The van der Waals surface area contributed by atoms with Crippen molar-refractivity contribution < 1.29 is 19.8 Å². The Morgan fingerprint density at radius 1 is 1.08 bits per heavy atom. The maximum Gasteiger partial charge on any atom is 0.342 e. The molecule has 0 bridgehead atoms. The lowest BCUT2D eigenvalue weighted by Gasteiger charge is -2.26. The molecule has 0 saturated heterocycles. The van der Waals surface area contributed by atoms with E-state index in [0.29, 0.717) is 0 Å². The molecular formula is C5H5Cl3O4. The van der Waals surface area contributed by atoms with Gasteiger partial charge in [0.05, 0.1) is 0 Å². The van der Waals surface area contributed by atoms with Gasteiger partial charge in [0.25, 0.3) is 0 Å². The van der Waals surface area contributed by atoms with Crippen LogP contribution in [0.2, 0.25) is 0 Å². The Balaban J connectivity index is 5.01. The number of rotatable bonds is 3. The highest BCUT2D eigenvalue weighted by molar-refractivity contribution is 6.64. The van der Waals surface area contributed by atoms with E-state index >= 15 is 0 Å². The van der Waals surface area contributed by atoms with Gasteiger partial charge < -0.3 is 10.2 Å². The molecule has 1 unspecified atom stereocenters. The molecule has 70 valence electrons. The lowest BCUT2D eigenvalue weighted by Crippen LogP contribution is -2.50. The van der Waals surface area contributed by atoms with Crippen LogP contribution in [0.25, 0.3) is 0 Å². The van der Waals surface area contributed by atoms with Gasteiger partial charge in [-0.1, -0.05) is 23.2 Å². The van der Waals surface area contributed by atoms with Crippen molar-refractivity contribution in [1.82, 2.24) is 0 Å². The van der Waals surface area contributed by atoms with Crippen molar-refractivity contribution in [3.8, 4) is 0 Å². The number of aliphatic carboxylic acids is 2.